The lowest BCUT2D eigenvalue weighted by molar-refractivity contribution is -0.115. The van der Waals surface area contributed by atoms with Gasteiger partial charge >= 0.3 is 10.2 Å². The molecule has 0 fully saturated rings. The summed E-state index contributed by atoms with van der Waals surface area (Å²) in [6, 6.07) is 6.75. The van der Waals surface area contributed by atoms with Gasteiger partial charge in [-0.3, -0.25) is 4.79 Å². The molecule has 1 heterocycles. The highest BCUT2D eigenvalue weighted by molar-refractivity contribution is 7.90. The Morgan fingerprint density at radius 1 is 1.38 bits per heavy atom. The number of hydrogen-bond acceptors (Lipinski definition) is 3. The number of carbonyl (C=O) groups is 1. The molecule has 0 atom stereocenters. The molecule has 0 aromatic heterocycles. The number of nitrogens with one attached hydrogen (secondary N) is 2. The van der Waals surface area contributed by atoms with Crippen molar-refractivity contribution in [2.45, 2.75) is 0 Å². The maximum atomic E-state index is 11.7. The number of benzene rings is 1. The highest BCUT2D eigenvalue weighted by Crippen LogP contribution is 2.30. The zero-order chi connectivity index (χ0) is 11.8. The fraction of sp³-hybridized carbons (Fsp3) is 0.222. The number of hydrogen-bond donors (Lipinski definition) is 2. The second-order valence-electron chi connectivity index (χ2n) is 3.28. The van der Waals surface area contributed by atoms with Gasteiger partial charge < -0.3 is 5.32 Å². The van der Waals surface area contributed by atoms with E-state index in [1.807, 2.05) is 0 Å². The molecule has 0 bridgehead atoms. The summed E-state index contributed by atoms with van der Waals surface area (Å²) >= 11 is 0. The van der Waals surface area contributed by atoms with Gasteiger partial charge in [-0.15, -0.1) is 0 Å². The summed E-state index contributed by atoms with van der Waals surface area (Å²) in [6.07, 6.45) is 0. The molecule has 1 aliphatic rings. The van der Waals surface area contributed by atoms with E-state index in [2.05, 4.69) is 10.0 Å². The van der Waals surface area contributed by atoms with Gasteiger partial charge in [0.2, 0.25) is 5.91 Å². The van der Waals surface area contributed by atoms with E-state index in [0.717, 1.165) is 4.31 Å². The van der Waals surface area contributed by atoms with Crippen LogP contribution < -0.4 is 14.3 Å². The number of amides is 1. The third kappa shape index (κ3) is 1.74. The molecule has 16 heavy (non-hydrogen) atoms. The molecule has 1 aromatic carbocycles. The highest BCUT2D eigenvalue weighted by Gasteiger charge is 2.29. The predicted octanol–water partition coefficient (Wildman–Crippen LogP) is -0.0907. The first kappa shape index (κ1) is 10.9. The monoisotopic (exact) mass is 241 g/mol. The van der Waals surface area contributed by atoms with Crippen molar-refractivity contribution in [1.29, 1.82) is 0 Å². The van der Waals surface area contributed by atoms with Crippen LogP contribution in [0.25, 0.3) is 0 Å². The SMILES string of the molecule is CNS(=O)(=O)N1CC(=O)Nc2ccccc21. The summed E-state index contributed by atoms with van der Waals surface area (Å²) in [5.41, 5.74) is 0.967. The molecule has 86 valence electrons. The molecule has 7 heteroatoms. The molecule has 2 N–H and O–H groups in total. The Hall–Kier alpha value is -1.60. The molecule has 0 radical (unpaired) electrons. The van der Waals surface area contributed by atoms with Crippen LogP contribution in [0, 0.1) is 0 Å². The minimum atomic E-state index is -3.65. The van der Waals surface area contributed by atoms with Gasteiger partial charge in [-0.05, 0) is 12.1 Å². The Balaban J connectivity index is 2.54. The van der Waals surface area contributed by atoms with Crippen LogP contribution in [-0.2, 0) is 15.0 Å². The van der Waals surface area contributed by atoms with Gasteiger partial charge in [-0.2, -0.15) is 8.42 Å². The van der Waals surface area contributed by atoms with Crippen molar-refractivity contribution in [3.8, 4) is 0 Å². The molecule has 0 saturated carbocycles. The van der Waals surface area contributed by atoms with Crippen molar-refractivity contribution in [2.24, 2.45) is 0 Å². The minimum absolute atomic E-state index is 0.208. The molecule has 1 aromatic rings. The van der Waals surface area contributed by atoms with Crippen molar-refractivity contribution < 1.29 is 13.2 Å². The minimum Gasteiger partial charge on any atom is -0.323 e. The predicted molar refractivity (Wildman–Crippen MR) is 60.4 cm³/mol. The standard InChI is InChI=1S/C9H11N3O3S/c1-10-16(14,15)12-6-9(13)11-7-4-2-3-5-8(7)12/h2-5,10H,6H2,1H3,(H,11,13). The van der Waals surface area contributed by atoms with Gasteiger partial charge in [-0.1, -0.05) is 12.1 Å². The average molecular weight is 241 g/mol. The zero-order valence-electron chi connectivity index (χ0n) is 8.60. The maximum absolute atomic E-state index is 11.7. The number of fused-ring (bicyclic) bond motifs is 1. The number of nitrogens with zero attached hydrogens (tertiary/aromatic N) is 1. The largest absolute Gasteiger partial charge is 0.323 e. The van der Waals surface area contributed by atoms with Crippen molar-refractivity contribution in [3.05, 3.63) is 24.3 Å². The summed E-state index contributed by atoms with van der Waals surface area (Å²) in [5, 5.41) is 2.61. The third-order valence-corrected chi connectivity index (χ3v) is 3.70. The molecule has 2 rings (SSSR count). The summed E-state index contributed by atoms with van der Waals surface area (Å²) in [4.78, 5) is 11.4. The van der Waals surface area contributed by atoms with Gasteiger partial charge in [0.25, 0.3) is 0 Å². The van der Waals surface area contributed by atoms with Crippen LogP contribution in [0.4, 0.5) is 11.4 Å². The lowest BCUT2D eigenvalue weighted by atomic mass is 10.2. The number of carbonyl (C=O) groups excluding carboxylic acids is 1. The van der Waals surface area contributed by atoms with Crippen LogP contribution in [-0.4, -0.2) is 27.9 Å². The van der Waals surface area contributed by atoms with Gasteiger partial charge in [0.1, 0.15) is 6.54 Å². The van der Waals surface area contributed by atoms with Crippen LogP contribution in [0.1, 0.15) is 0 Å². The first-order valence-corrected chi connectivity index (χ1v) is 6.08. The lowest BCUT2D eigenvalue weighted by Gasteiger charge is -2.29. The third-order valence-electron chi connectivity index (χ3n) is 2.28. The first-order valence-electron chi connectivity index (χ1n) is 4.64. The Labute approximate surface area is 93.4 Å². The smallest absolute Gasteiger partial charge is 0.301 e. The lowest BCUT2D eigenvalue weighted by Crippen LogP contribution is -2.46. The Kier molecular flexibility index (Phi) is 2.56. The summed E-state index contributed by atoms with van der Waals surface area (Å²) in [7, 11) is -2.34. The second kappa shape index (κ2) is 3.76. The highest BCUT2D eigenvalue weighted by atomic mass is 32.2. The molecule has 1 amide bonds. The summed E-state index contributed by atoms with van der Waals surface area (Å²) < 4.78 is 26.6. The fourth-order valence-corrected chi connectivity index (χ4v) is 2.45. The Morgan fingerprint density at radius 2 is 2.06 bits per heavy atom. The molecule has 0 aliphatic carbocycles. The van der Waals surface area contributed by atoms with Gasteiger partial charge in [0, 0.05) is 7.05 Å². The first-order chi connectivity index (χ1) is 7.54. The Morgan fingerprint density at radius 3 is 2.75 bits per heavy atom. The van der Waals surface area contributed by atoms with Crippen molar-refractivity contribution in [1.82, 2.24) is 4.72 Å². The molecule has 0 spiro atoms. The van der Waals surface area contributed by atoms with E-state index in [-0.39, 0.29) is 12.5 Å². The van der Waals surface area contributed by atoms with Crippen molar-refractivity contribution >= 4 is 27.5 Å². The van der Waals surface area contributed by atoms with Gasteiger partial charge in [-0.25, -0.2) is 9.03 Å². The number of anilines is 2. The zero-order valence-corrected chi connectivity index (χ0v) is 9.41. The molecular weight excluding hydrogens is 230 g/mol. The fourth-order valence-electron chi connectivity index (χ4n) is 1.53. The summed E-state index contributed by atoms with van der Waals surface area (Å²) in [6.45, 7) is -0.208. The van der Waals surface area contributed by atoms with E-state index in [1.54, 1.807) is 24.3 Å². The topological polar surface area (TPSA) is 78.5 Å². The average Bonchev–Trinajstić information content (AvgIpc) is 2.28. The van der Waals surface area contributed by atoms with E-state index in [9.17, 15) is 13.2 Å². The van der Waals surface area contributed by atoms with Crippen LogP contribution in [0.3, 0.4) is 0 Å². The molecular formula is C9H11N3O3S. The van der Waals surface area contributed by atoms with E-state index >= 15 is 0 Å². The van der Waals surface area contributed by atoms with E-state index < -0.39 is 10.2 Å². The number of para-hydroxylation sites is 2. The molecule has 6 nitrogen and oxygen atoms in total. The quantitative estimate of drug-likeness (QED) is 0.759. The van der Waals surface area contributed by atoms with Crippen LogP contribution in [0.15, 0.2) is 24.3 Å². The van der Waals surface area contributed by atoms with Gasteiger partial charge in [0.05, 0.1) is 11.4 Å². The van der Waals surface area contributed by atoms with Crippen LogP contribution in [0.2, 0.25) is 0 Å². The van der Waals surface area contributed by atoms with Crippen LogP contribution >= 0.6 is 0 Å². The van der Waals surface area contributed by atoms with Gasteiger partial charge in [0.15, 0.2) is 0 Å². The normalized spacial score (nSPS) is 15.6. The van der Waals surface area contributed by atoms with Crippen LogP contribution in [0.5, 0.6) is 0 Å². The molecule has 1 aliphatic heterocycles. The molecule has 0 saturated heterocycles. The van der Waals surface area contributed by atoms with E-state index in [1.165, 1.54) is 7.05 Å². The second-order valence-corrected chi connectivity index (χ2v) is 5.08. The summed E-state index contributed by atoms with van der Waals surface area (Å²) in [5.74, 6) is -0.350. The number of rotatable bonds is 2. The van der Waals surface area contributed by atoms with Crippen molar-refractivity contribution in [3.63, 3.8) is 0 Å². The van der Waals surface area contributed by atoms with Crippen molar-refractivity contribution in [2.75, 3.05) is 23.2 Å². The van der Waals surface area contributed by atoms with E-state index in [4.69, 9.17) is 0 Å². The Bertz CT molecular complexity index is 527. The maximum Gasteiger partial charge on any atom is 0.301 e. The molecule has 0 unspecified atom stereocenters. The van der Waals surface area contributed by atoms with E-state index in [0.29, 0.717) is 11.4 Å².